The number of aliphatic hydroxyl groups is 4. The SMILES string of the molecule is [2H]C([2H])([2H])C(=O)N[C@H]1[C@H]([C@H](O)[C@H](O)CO)O[C@](OC)(C(=O)OC)C[C@@H]1O. The van der Waals surface area contributed by atoms with E-state index < -0.39 is 68.0 Å². The van der Waals surface area contributed by atoms with Gasteiger partial charge in [-0.2, -0.15) is 0 Å². The summed E-state index contributed by atoms with van der Waals surface area (Å²) in [4.78, 5) is 23.8. The van der Waals surface area contributed by atoms with Gasteiger partial charge in [0.1, 0.15) is 18.3 Å². The molecule has 0 aromatic rings. The van der Waals surface area contributed by atoms with Crippen LogP contribution in [0, 0.1) is 0 Å². The Morgan fingerprint density at radius 1 is 1.48 bits per heavy atom. The molecule has 0 bridgehead atoms. The van der Waals surface area contributed by atoms with Gasteiger partial charge in [-0.1, -0.05) is 0 Å². The van der Waals surface area contributed by atoms with E-state index in [-0.39, 0.29) is 0 Å². The first-order chi connectivity index (χ1) is 11.9. The Morgan fingerprint density at radius 3 is 2.61 bits per heavy atom. The summed E-state index contributed by atoms with van der Waals surface area (Å²) in [5.41, 5.74) is 0. The van der Waals surface area contributed by atoms with E-state index in [1.165, 1.54) is 0 Å². The molecule has 10 nitrogen and oxygen atoms in total. The molecule has 1 fully saturated rings. The lowest BCUT2D eigenvalue weighted by Crippen LogP contribution is -2.67. The first kappa shape index (κ1) is 15.2. The number of ether oxygens (including phenoxy) is 3. The van der Waals surface area contributed by atoms with E-state index in [2.05, 4.69) is 4.74 Å². The maximum absolute atomic E-state index is 12.0. The third kappa shape index (κ3) is 4.16. The number of rotatable bonds is 6. The van der Waals surface area contributed by atoms with E-state index in [1.54, 1.807) is 0 Å². The van der Waals surface area contributed by atoms with Crippen molar-refractivity contribution in [2.45, 2.75) is 49.5 Å². The minimum Gasteiger partial charge on any atom is -0.465 e. The molecule has 10 heteroatoms. The van der Waals surface area contributed by atoms with Crippen LogP contribution in [0.15, 0.2) is 0 Å². The van der Waals surface area contributed by atoms with Crippen LogP contribution in [0.25, 0.3) is 0 Å². The summed E-state index contributed by atoms with van der Waals surface area (Å²) in [5.74, 6) is -4.67. The molecule has 134 valence electrons. The molecular weight excluding hydrogens is 314 g/mol. The molecule has 0 saturated carbocycles. The van der Waals surface area contributed by atoms with Crippen LogP contribution in [-0.4, -0.2) is 89.4 Å². The van der Waals surface area contributed by atoms with E-state index in [9.17, 15) is 24.9 Å². The predicted molar refractivity (Wildman–Crippen MR) is 74.0 cm³/mol. The van der Waals surface area contributed by atoms with Crippen molar-refractivity contribution in [1.82, 2.24) is 5.32 Å². The summed E-state index contributed by atoms with van der Waals surface area (Å²) in [7, 11) is 2.09. The number of aliphatic hydroxyl groups excluding tert-OH is 4. The van der Waals surface area contributed by atoms with Crippen LogP contribution >= 0.6 is 0 Å². The lowest BCUT2D eigenvalue weighted by atomic mass is 9.88. The Kier molecular flexibility index (Phi) is 5.30. The molecule has 0 unspecified atom stereocenters. The van der Waals surface area contributed by atoms with E-state index in [1.807, 2.05) is 5.32 Å². The molecule has 1 aliphatic rings. The summed E-state index contributed by atoms with van der Waals surface area (Å²) in [6.45, 7) is -3.96. The summed E-state index contributed by atoms with van der Waals surface area (Å²) in [6.07, 6.45) is -7.55. The van der Waals surface area contributed by atoms with Gasteiger partial charge in [0.2, 0.25) is 5.91 Å². The highest BCUT2D eigenvalue weighted by Crippen LogP contribution is 2.33. The smallest absolute Gasteiger partial charge is 0.366 e. The van der Waals surface area contributed by atoms with Gasteiger partial charge in [-0.15, -0.1) is 0 Å². The number of hydrogen-bond donors (Lipinski definition) is 5. The van der Waals surface area contributed by atoms with Gasteiger partial charge in [-0.3, -0.25) is 4.79 Å². The third-order valence-corrected chi connectivity index (χ3v) is 3.61. The fourth-order valence-electron chi connectivity index (χ4n) is 2.40. The number of hydrogen-bond acceptors (Lipinski definition) is 9. The topological polar surface area (TPSA) is 155 Å². The minimum absolute atomic E-state index is 0.555. The predicted octanol–water partition coefficient (Wildman–Crippen LogP) is -3.13. The van der Waals surface area contributed by atoms with Crippen molar-refractivity contribution in [3.8, 4) is 0 Å². The molecule has 5 N–H and O–H groups in total. The highest BCUT2D eigenvalue weighted by molar-refractivity contribution is 5.78. The Balaban J connectivity index is 3.23. The number of nitrogens with one attached hydrogen (secondary N) is 1. The van der Waals surface area contributed by atoms with Gasteiger partial charge in [0.25, 0.3) is 5.79 Å². The van der Waals surface area contributed by atoms with Crippen molar-refractivity contribution >= 4 is 11.9 Å². The van der Waals surface area contributed by atoms with E-state index in [0.29, 0.717) is 0 Å². The van der Waals surface area contributed by atoms with Crippen molar-refractivity contribution in [3.05, 3.63) is 0 Å². The molecule has 6 atom stereocenters. The van der Waals surface area contributed by atoms with Crippen molar-refractivity contribution in [2.75, 3.05) is 20.8 Å². The summed E-state index contributed by atoms with van der Waals surface area (Å²) in [5, 5.41) is 41.2. The third-order valence-electron chi connectivity index (χ3n) is 3.61. The van der Waals surface area contributed by atoms with Crippen LogP contribution in [-0.2, 0) is 23.8 Å². The van der Waals surface area contributed by atoms with Gasteiger partial charge in [0.15, 0.2) is 0 Å². The second-order valence-corrected chi connectivity index (χ2v) is 5.04. The molecule has 1 heterocycles. The Bertz CT molecular complexity index is 518. The van der Waals surface area contributed by atoms with Crippen LogP contribution in [0.2, 0.25) is 0 Å². The normalized spacial score (nSPS) is 36.1. The molecular formula is C13H23NO9. The average Bonchev–Trinajstić information content (AvgIpc) is 2.59. The summed E-state index contributed by atoms with van der Waals surface area (Å²) >= 11 is 0. The van der Waals surface area contributed by atoms with Gasteiger partial charge in [-0.25, -0.2) is 4.79 Å². The molecule has 0 aliphatic carbocycles. The highest BCUT2D eigenvalue weighted by atomic mass is 16.7. The van der Waals surface area contributed by atoms with Crippen LogP contribution in [0.3, 0.4) is 0 Å². The zero-order chi connectivity index (χ0) is 20.3. The van der Waals surface area contributed by atoms with Crippen LogP contribution in [0.5, 0.6) is 0 Å². The molecule has 0 radical (unpaired) electrons. The number of amides is 1. The molecule has 1 amide bonds. The molecule has 0 spiro atoms. The number of carbonyl (C=O) groups excluding carboxylic acids is 2. The van der Waals surface area contributed by atoms with Crippen molar-refractivity contribution in [1.29, 1.82) is 0 Å². The Hall–Kier alpha value is -1.30. The van der Waals surface area contributed by atoms with Gasteiger partial charge in [0.05, 0.1) is 25.9 Å². The lowest BCUT2D eigenvalue weighted by molar-refractivity contribution is -0.305. The highest BCUT2D eigenvalue weighted by Gasteiger charge is 2.55. The molecule has 1 aliphatic heterocycles. The van der Waals surface area contributed by atoms with E-state index >= 15 is 0 Å². The van der Waals surface area contributed by atoms with Gasteiger partial charge >= 0.3 is 5.97 Å². The molecule has 0 aromatic carbocycles. The van der Waals surface area contributed by atoms with Crippen LogP contribution < -0.4 is 5.32 Å². The van der Waals surface area contributed by atoms with E-state index in [4.69, 9.17) is 18.7 Å². The van der Waals surface area contributed by atoms with Gasteiger partial charge < -0.3 is 40.0 Å². The minimum atomic E-state index is -3.05. The summed E-state index contributed by atoms with van der Waals surface area (Å²) < 4.78 is 36.1. The first-order valence-electron chi connectivity index (χ1n) is 8.21. The fraction of sp³-hybridized carbons (Fsp3) is 0.846. The largest absolute Gasteiger partial charge is 0.465 e. The van der Waals surface area contributed by atoms with Crippen LogP contribution in [0.1, 0.15) is 17.4 Å². The van der Waals surface area contributed by atoms with Crippen molar-refractivity contribution in [3.63, 3.8) is 0 Å². The maximum Gasteiger partial charge on any atom is 0.366 e. The molecule has 1 saturated heterocycles. The number of carbonyl (C=O) groups is 2. The van der Waals surface area contributed by atoms with Gasteiger partial charge in [0, 0.05) is 24.5 Å². The lowest BCUT2D eigenvalue weighted by Gasteiger charge is -2.46. The van der Waals surface area contributed by atoms with Crippen LogP contribution in [0.4, 0.5) is 0 Å². The molecule has 0 aromatic heterocycles. The number of esters is 1. The zero-order valence-electron chi connectivity index (χ0n) is 15.6. The Morgan fingerprint density at radius 2 is 2.13 bits per heavy atom. The Labute approximate surface area is 137 Å². The van der Waals surface area contributed by atoms with E-state index in [0.717, 1.165) is 14.2 Å². The number of methoxy groups -OCH3 is 2. The second-order valence-electron chi connectivity index (χ2n) is 5.04. The quantitative estimate of drug-likeness (QED) is 0.316. The first-order valence-corrected chi connectivity index (χ1v) is 6.71. The van der Waals surface area contributed by atoms with Gasteiger partial charge in [-0.05, 0) is 0 Å². The standard InChI is InChI=1S/C13H23NO9/c1-6(16)14-9-7(17)4-13(22-3,12(20)21-2)23-11(9)10(19)8(18)5-15/h7-11,15,17-19H,4-5H2,1-3H3,(H,14,16)/t7-,8+,9+,10+,11+,13-/m0/s1/i1D3. The maximum atomic E-state index is 12.0. The second kappa shape index (κ2) is 7.99. The van der Waals surface area contributed by atoms with Crippen molar-refractivity contribution in [2.24, 2.45) is 0 Å². The van der Waals surface area contributed by atoms with Crippen molar-refractivity contribution < 1.29 is 48.3 Å². The molecule has 23 heavy (non-hydrogen) atoms. The molecule has 1 rings (SSSR count). The monoisotopic (exact) mass is 340 g/mol. The summed E-state index contributed by atoms with van der Waals surface area (Å²) in [6, 6.07) is -1.52. The zero-order valence-corrected chi connectivity index (χ0v) is 12.6. The fourth-order valence-corrected chi connectivity index (χ4v) is 2.40. The average molecular weight is 340 g/mol.